The van der Waals surface area contributed by atoms with E-state index in [0.717, 1.165) is 23.0 Å². The van der Waals surface area contributed by atoms with Crippen LogP contribution in [0.3, 0.4) is 0 Å². The van der Waals surface area contributed by atoms with Crippen molar-refractivity contribution in [3.05, 3.63) is 77.0 Å². The van der Waals surface area contributed by atoms with Gasteiger partial charge in [-0.2, -0.15) is 4.98 Å². The van der Waals surface area contributed by atoms with Crippen LogP contribution in [0.1, 0.15) is 0 Å². The molecule has 0 saturated carbocycles. The molecule has 2 heterocycles. The van der Waals surface area contributed by atoms with Gasteiger partial charge in [0.1, 0.15) is 30.1 Å². The topological polar surface area (TPSA) is 90.0 Å². The summed E-state index contributed by atoms with van der Waals surface area (Å²) in [5, 5.41) is 2.73. The van der Waals surface area contributed by atoms with Crippen molar-refractivity contribution in [3.8, 4) is 11.3 Å². The molecular formula is C19H12F2N4O3. The fraction of sp³-hybridized carbons (Fsp3) is 0.0526. The summed E-state index contributed by atoms with van der Waals surface area (Å²) in [6.45, 7) is -0.331. The van der Waals surface area contributed by atoms with Crippen molar-refractivity contribution in [1.29, 1.82) is 0 Å². The van der Waals surface area contributed by atoms with E-state index in [-0.39, 0.29) is 29.4 Å². The van der Waals surface area contributed by atoms with E-state index in [1.807, 2.05) is 0 Å². The summed E-state index contributed by atoms with van der Waals surface area (Å²) in [6.07, 6.45) is 2.29. The summed E-state index contributed by atoms with van der Waals surface area (Å²) < 4.78 is 33.8. The maximum Gasteiger partial charge on any atom is 0.301 e. The Morgan fingerprint density at radius 2 is 1.86 bits per heavy atom. The average Bonchev–Trinajstić information content (AvgIpc) is 3.12. The van der Waals surface area contributed by atoms with Crippen molar-refractivity contribution in [3.63, 3.8) is 0 Å². The maximum atomic E-state index is 13.8. The van der Waals surface area contributed by atoms with Crippen LogP contribution < -0.4 is 10.9 Å². The number of nitrogens with zero attached hydrogens (tertiary/aromatic N) is 3. The Labute approximate surface area is 156 Å². The molecule has 7 nitrogen and oxygen atoms in total. The number of amides is 1. The molecule has 1 amide bonds. The van der Waals surface area contributed by atoms with Gasteiger partial charge in [0.25, 0.3) is 5.56 Å². The lowest BCUT2D eigenvalue weighted by Crippen LogP contribution is -2.28. The van der Waals surface area contributed by atoms with Gasteiger partial charge in [0.05, 0.1) is 22.8 Å². The fourth-order valence-electron chi connectivity index (χ4n) is 2.72. The third kappa shape index (κ3) is 3.25. The third-order valence-corrected chi connectivity index (χ3v) is 4.01. The Morgan fingerprint density at radius 1 is 1.11 bits per heavy atom. The van der Waals surface area contributed by atoms with Gasteiger partial charge in [-0.1, -0.05) is 18.2 Å². The summed E-state index contributed by atoms with van der Waals surface area (Å²) >= 11 is 0. The normalized spacial score (nSPS) is 10.9. The van der Waals surface area contributed by atoms with E-state index < -0.39 is 17.5 Å². The summed E-state index contributed by atoms with van der Waals surface area (Å²) in [5.41, 5.74) is -0.312. The second-order valence-electron chi connectivity index (χ2n) is 5.88. The predicted molar refractivity (Wildman–Crippen MR) is 96.5 cm³/mol. The van der Waals surface area contributed by atoms with Crippen molar-refractivity contribution >= 4 is 22.8 Å². The molecule has 28 heavy (non-hydrogen) atoms. The molecule has 1 N–H and O–H groups in total. The number of hydrogen-bond donors (Lipinski definition) is 1. The van der Waals surface area contributed by atoms with Gasteiger partial charge < -0.3 is 4.42 Å². The number of para-hydroxylation sites is 1. The smallest absolute Gasteiger partial charge is 0.301 e. The van der Waals surface area contributed by atoms with E-state index in [1.165, 1.54) is 12.4 Å². The van der Waals surface area contributed by atoms with E-state index in [9.17, 15) is 18.4 Å². The minimum atomic E-state index is -0.806. The van der Waals surface area contributed by atoms with Crippen molar-refractivity contribution in [2.45, 2.75) is 6.54 Å². The standard InChI is InChI=1S/C19H12F2N4O3/c20-12-5-3-6-13(21)17(12)15-9-28-19(23-15)24-16(26)8-25-10-22-14-7-2-1-4-11(14)18(25)27/h1-7,9-10H,8H2,(H,23,24,26). The number of carbonyl (C=O) groups is 1. The highest BCUT2D eigenvalue weighted by Gasteiger charge is 2.17. The van der Waals surface area contributed by atoms with Crippen LogP contribution in [0.25, 0.3) is 22.2 Å². The number of nitrogens with one attached hydrogen (secondary N) is 1. The number of oxazole rings is 1. The second-order valence-corrected chi connectivity index (χ2v) is 5.88. The zero-order valence-electron chi connectivity index (χ0n) is 14.2. The van der Waals surface area contributed by atoms with E-state index >= 15 is 0 Å². The molecule has 2 aromatic heterocycles. The van der Waals surface area contributed by atoms with E-state index in [4.69, 9.17) is 4.42 Å². The first-order chi connectivity index (χ1) is 13.5. The van der Waals surface area contributed by atoms with Crippen LogP contribution in [-0.4, -0.2) is 20.4 Å². The number of anilines is 1. The molecule has 0 fully saturated rings. The quantitative estimate of drug-likeness (QED) is 0.586. The van der Waals surface area contributed by atoms with Crippen molar-refractivity contribution < 1.29 is 18.0 Å². The summed E-state index contributed by atoms with van der Waals surface area (Å²) in [5.74, 6) is -2.22. The minimum Gasteiger partial charge on any atom is -0.431 e. The van der Waals surface area contributed by atoms with Crippen LogP contribution in [0.2, 0.25) is 0 Å². The molecule has 0 aliphatic heterocycles. The molecule has 0 saturated heterocycles. The highest BCUT2D eigenvalue weighted by molar-refractivity contribution is 5.89. The average molecular weight is 382 g/mol. The second kappa shape index (κ2) is 7.03. The number of rotatable bonds is 4. The molecule has 0 spiro atoms. The van der Waals surface area contributed by atoms with Gasteiger partial charge in [-0.25, -0.2) is 13.8 Å². The molecule has 0 unspecified atom stereocenters. The summed E-state index contributed by atoms with van der Waals surface area (Å²) in [6, 6.07) is 9.92. The number of aromatic nitrogens is 3. The summed E-state index contributed by atoms with van der Waals surface area (Å²) in [7, 11) is 0. The lowest BCUT2D eigenvalue weighted by atomic mass is 10.1. The van der Waals surface area contributed by atoms with Crippen LogP contribution in [0.5, 0.6) is 0 Å². The monoisotopic (exact) mass is 382 g/mol. The highest BCUT2D eigenvalue weighted by atomic mass is 19.1. The van der Waals surface area contributed by atoms with Crippen LogP contribution in [0, 0.1) is 11.6 Å². The first-order valence-electron chi connectivity index (χ1n) is 8.17. The van der Waals surface area contributed by atoms with Gasteiger partial charge in [0, 0.05) is 0 Å². The molecule has 0 atom stereocenters. The number of fused-ring (bicyclic) bond motifs is 1. The Balaban J connectivity index is 1.53. The van der Waals surface area contributed by atoms with Gasteiger partial charge in [-0.3, -0.25) is 19.5 Å². The molecule has 0 radical (unpaired) electrons. The van der Waals surface area contributed by atoms with Crippen LogP contribution in [0.15, 0.2) is 64.3 Å². The van der Waals surface area contributed by atoms with Gasteiger partial charge in [-0.05, 0) is 24.3 Å². The van der Waals surface area contributed by atoms with E-state index in [2.05, 4.69) is 15.3 Å². The molecule has 9 heteroatoms. The minimum absolute atomic E-state index is 0.101. The number of benzene rings is 2. The van der Waals surface area contributed by atoms with Crippen molar-refractivity contribution in [2.75, 3.05) is 5.32 Å². The summed E-state index contributed by atoms with van der Waals surface area (Å²) in [4.78, 5) is 32.6. The lowest BCUT2D eigenvalue weighted by molar-refractivity contribution is -0.116. The molecule has 0 aliphatic carbocycles. The SMILES string of the molecule is O=C(Cn1cnc2ccccc2c1=O)Nc1nc(-c2c(F)cccc2F)co1. The molecule has 140 valence electrons. The number of hydrogen-bond acceptors (Lipinski definition) is 5. The van der Waals surface area contributed by atoms with E-state index in [1.54, 1.807) is 24.3 Å². The van der Waals surface area contributed by atoms with Gasteiger partial charge in [-0.15, -0.1) is 0 Å². The van der Waals surface area contributed by atoms with Crippen molar-refractivity contribution in [1.82, 2.24) is 14.5 Å². The zero-order valence-corrected chi connectivity index (χ0v) is 14.2. The first kappa shape index (κ1) is 17.5. The fourth-order valence-corrected chi connectivity index (χ4v) is 2.72. The number of carbonyl (C=O) groups excluding carboxylic acids is 1. The lowest BCUT2D eigenvalue weighted by Gasteiger charge is -2.05. The molecule has 4 rings (SSSR count). The van der Waals surface area contributed by atoms with Gasteiger partial charge in [0.2, 0.25) is 5.91 Å². The molecule has 0 bridgehead atoms. The maximum absolute atomic E-state index is 13.8. The molecule has 4 aromatic rings. The van der Waals surface area contributed by atoms with Crippen LogP contribution >= 0.6 is 0 Å². The van der Waals surface area contributed by atoms with E-state index in [0.29, 0.717) is 10.9 Å². The largest absolute Gasteiger partial charge is 0.431 e. The van der Waals surface area contributed by atoms with Crippen molar-refractivity contribution in [2.24, 2.45) is 0 Å². The molecule has 0 aliphatic rings. The molecular weight excluding hydrogens is 370 g/mol. The van der Waals surface area contributed by atoms with Crippen LogP contribution in [-0.2, 0) is 11.3 Å². The van der Waals surface area contributed by atoms with Crippen LogP contribution in [0.4, 0.5) is 14.8 Å². The predicted octanol–water partition coefficient (Wildman–Crippen LogP) is 2.97. The van der Waals surface area contributed by atoms with Gasteiger partial charge in [0.15, 0.2) is 0 Å². The Hall–Kier alpha value is -3.88. The Kier molecular flexibility index (Phi) is 4.40. The molecule has 2 aromatic carbocycles. The third-order valence-electron chi connectivity index (χ3n) is 4.01. The van der Waals surface area contributed by atoms with Gasteiger partial charge >= 0.3 is 6.01 Å². The first-order valence-corrected chi connectivity index (χ1v) is 8.17. The zero-order chi connectivity index (χ0) is 19.7. The number of halogens is 2. The highest BCUT2D eigenvalue weighted by Crippen LogP contribution is 2.26. The Bertz CT molecular complexity index is 1230. The Morgan fingerprint density at radius 3 is 2.64 bits per heavy atom.